The molecule has 2 N–H and O–H groups in total. The van der Waals surface area contributed by atoms with Crippen LogP contribution in [0, 0.1) is 13.8 Å². The fourth-order valence-corrected chi connectivity index (χ4v) is 2.29. The van der Waals surface area contributed by atoms with Crippen LogP contribution in [0.25, 0.3) is 5.82 Å². The second-order valence-corrected chi connectivity index (χ2v) is 5.37. The van der Waals surface area contributed by atoms with Crippen LogP contribution in [0.2, 0.25) is 0 Å². The van der Waals surface area contributed by atoms with Gasteiger partial charge in [-0.1, -0.05) is 6.07 Å². The number of pyridine rings is 2. The smallest absolute Gasteiger partial charge is 0.319 e. The first-order chi connectivity index (χ1) is 11.6. The minimum absolute atomic E-state index is 0.304. The first-order valence-corrected chi connectivity index (χ1v) is 7.56. The van der Waals surface area contributed by atoms with Crippen molar-refractivity contribution in [3.05, 3.63) is 65.9 Å². The van der Waals surface area contributed by atoms with Crippen molar-refractivity contribution in [2.24, 2.45) is 0 Å². The summed E-state index contributed by atoms with van der Waals surface area (Å²) in [5.41, 5.74) is 3.35. The van der Waals surface area contributed by atoms with E-state index in [0.29, 0.717) is 18.1 Å². The predicted molar refractivity (Wildman–Crippen MR) is 90.9 cm³/mol. The highest BCUT2D eigenvalue weighted by Gasteiger charge is 2.06. The van der Waals surface area contributed by atoms with Crippen molar-refractivity contribution >= 4 is 11.7 Å². The minimum Gasteiger partial charge on any atom is -0.332 e. The Labute approximate surface area is 139 Å². The lowest BCUT2D eigenvalue weighted by Gasteiger charge is -2.08. The highest BCUT2D eigenvalue weighted by atomic mass is 16.2. The quantitative estimate of drug-likeness (QED) is 0.773. The summed E-state index contributed by atoms with van der Waals surface area (Å²) in [5.74, 6) is 0.708. The van der Waals surface area contributed by atoms with Gasteiger partial charge in [-0.15, -0.1) is 0 Å². The Hall–Kier alpha value is -3.22. The molecule has 2 amide bonds. The SMILES string of the molecule is Cc1cc(C)n(-c2ccc(NC(=O)NCc3ccccn3)cn2)n1. The predicted octanol–water partition coefficient (Wildman–Crippen LogP) is 2.60. The Morgan fingerprint density at radius 3 is 2.67 bits per heavy atom. The summed E-state index contributed by atoms with van der Waals surface area (Å²) >= 11 is 0. The Balaban J connectivity index is 1.60. The molecule has 0 atom stereocenters. The van der Waals surface area contributed by atoms with E-state index in [2.05, 4.69) is 25.7 Å². The number of anilines is 1. The van der Waals surface area contributed by atoms with E-state index in [1.54, 1.807) is 23.1 Å². The second kappa shape index (κ2) is 6.91. The number of aryl methyl sites for hydroxylation is 2. The summed E-state index contributed by atoms with van der Waals surface area (Å²) in [6.07, 6.45) is 3.29. The summed E-state index contributed by atoms with van der Waals surface area (Å²) in [4.78, 5) is 20.4. The summed E-state index contributed by atoms with van der Waals surface area (Å²) in [7, 11) is 0. The van der Waals surface area contributed by atoms with Crippen LogP contribution < -0.4 is 10.6 Å². The molecule has 0 aliphatic heterocycles. The summed E-state index contributed by atoms with van der Waals surface area (Å²) < 4.78 is 1.76. The van der Waals surface area contributed by atoms with Crippen molar-refractivity contribution in [1.82, 2.24) is 25.1 Å². The number of aromatic nitrogens is 4. The van der Waals surface area contributed by atoms with E-state index in [-0.39, 0.29) is 6.03 Å². The first-order valence-electron chi connectivity index (χ1n) is 7.56. The van der Waals surface area contributed by atoms with E-state index in [1.807, 2.05) is 44.2 Å². The molecular weight excluding hydrogens is 304 g/mol. The molecule has 0 aromatic carbocycles. The van der Waals surface area contributed by atoms with Gasteiger partial charge in [-0.2, -0.15) is 5.10 Å². The van der Waals surface area contributed by atoms with Gasteiger partial charge in [-0.25, -0.2) is 14.5 Å². The van der Waals surface area contributed by atoms with Crippen molar-refractivity contribution in [3.63, 3.8) is 0 Å². The largest absolute Gasteiger partial charge is 0.332 e. The molecule has 7 nitrogen and oxygen atoms in total. The van der Waals surface area contributed by atoms with Gasteiger partial charge in [0, 0.05) is 11.9 Å². The Morgan fingerprint density at radius 1 is 1.17 bits per heavy atom. The molecule has 7 heteroatoms. The number of nitrogens with one attached hydrogen (secondary N) is 2. The lowest BCUT2D eigenvalue weighted by Crippen LogP contribution is -2.28. The molecule has 0 saturated carbocycles. The number of rotatable bonds is 4. The maximum atomic E-state index is 11.9. The zero-order valence-electron chi connectivity index (χ0n) is 13.5. The standard InChI is InChI=1S/C17H18N6O/c1-12-9-13(2)23(22-12)16-7-6-15(11-19-16)21-17(24)20-10-14-5-3-4-8-18-14/h3-9,11H,10H2,1-2H3,(H2,20,21,24). The molecule has 0 aliphatic rings. The van der Waals surface area contributed by atoms with Gasteiger partial charge in [0.2, 0.25) is 0 Å². The molecule has 0 radical (unpaired) electrons. The number of carbonyl (C=O) groups excluding carboxylic acids is 1. The van der Waals surface area contributed by atoms with Gasteiger partial charge in [-0.05, 0) is 44.2 Å². The number of hydrogen-bond acceptors (Lipinski definition) is 4. The number of amides is 2. The average molecular weight is 322 g/mol. The molecular formula is C17H18N6O. The molecule has 24 heavy (non-hydrogen) atoms. The minimum atomic E-state index is -0.304. The third-order valence-corrected chi connectivity index (χ3v) is 3.39. The van der Waals surface area contributed by atoms with Crippen LogP contribution in [-0.4, -0.2) is 25.8 Å². The monoisotopic (exact) mass is 322 g/mol. The third kappa shape index (κ3) is 3.75. The van der Waals surface area contributed by atoms with E-state index >= 15 is 0 Å². The lowest BCUT2D eigenvalue weighted by atomic mass is 10.3. The molecule has 0 fully saturated rings. The summed E-state index contributed by atoms with van der Waals surface area (Å²) in [6.45, 7) is 4.27. The molecule has 3 heterocycles. The normalized spacial score (nSPS) is 10.4. The van der Waals surface area contributed by atoms with Gasteiger partial charge in [0.05, 0.1) is 29.8 Å². The topological polar surface area (TPSA) is 84.7 Å². The molecule has 0 unspecified atom stereocenters. The van der Waals surface area contributed by atoms with Crippen LogP contribution >= 0.6 is 0 Å². The van der Waals surface area contributed by atoms with Gasteiger partial charge >= 0.3 is 6.03 Å². The van der Waals surface area contributed by atoms with E-state index in [0.717, 1.165) is 17.1 Å². The van der Waals surface area contributed by atoms with Gasteiger partial charge in [0.15, 0.2) is 5.82 Å². The van der Waals surface area contributed by atoms with E-state index in [1.165, 1.54) is 0 Å². The van der Waals surface area contributed by atoms with Crippen molar-refractivity contribution in [1.29, 1.82) is 0 Å². The van der Waals surface area contributed by atoms with E-state index in [9.17, 15) is 4.79 Å². The van der Waals surface area contributed by atoms with E-state index < -0.39 is 0 Å². The fraction of sp³-hybridized carbons (Fsp3) is 0.176. The van der Waals surface area contributed by atoms with Crippen LogP contribution in [0.3, 0.4) is 0 Å². The van der Waals surface area contributed by atoms with Crippen molar-refractivity contribution in [3.8, 4) is 5.82 Å². The molecule has 0 saturated heterocycles. The van der Waals surface area contributed by atoms with Gasteiger partial charge in [-0.3, -0.25) is 4.98 Å². The van der Waals surface area contributed by atoms with Crippen LogP contribution in [0.5, 0.6) is 0 Å². The Kier molecular flexibility index (Phi) is 4.51. The number of nitrogens with zero attached hydrogens (tertiary/aromatic N) is 4. The van der Waals surface area contributed by atoms with Gasteiger partial charge < -0.3 is 10.6 Å². The van der Waals surface area contributed by atoms with Crippen LogP contribution in [0.15, 0.2) is 48.8 Å². The van der Waals surface area contributed by atoms with Crippen molar-refractivity contribution < 1.29 is 4.79 Å². The molecule has 3 rings (SSSR count). The van der Waals surface area contributed by atoms with Crippen molar-refractivity contribution in [2.45, 2.75) is 20.4 Å². The van der Waals surface area contributed by atoms with E-state index in [4.69, 9.17) is 0 Å². The third-order valence-electron chi connectivity index (χ3n) is 3.39. The number of urea groups is 1. The van der Waals surface area contributed by atoms with Crippen LogP contribution in [0.4, 0.5) is 10.5 Å². The average Bonchev–Trinajstić information content (AvgIpc) is 2.93. The second-order valence-electron chi connectivity index (χ2n) is 5.37. The fourth-order valence-electron chi connectivity index (χ4n) is 2.29. The summed E-state index contributed by atoms with van der Waals surface area (Å²) in [6, 6.07) is 10.8. The summed E-state index contributed by atoms with van der Waals surface area (Å²) in [5, 5.41) is 9.87. The Morgan fingerprint density at radius 2 is 2.04 bits per heavy atom. The molecule has 0 spiro atoms. The van der Waals surface area contributed by atoms with Gasteiger partial charge in [0.1, 0.15) is 0 Å². The molecule has 0 aliphatic carbocycles. The Bertz CT molecular complexity index is 826. The molecule has 0 bridgehead atoms. The lowest BCUT2D eigenvalue weighted by molar-refractivity contribution is 0.251. The highest BCUT2D eigenvalue weighted by Crippen LogP contribution is 2.12. The maximum absolute atomic E-state index is 11.9. The van der Waals surface area contributed by atoms with Gasteiger partial charge in [0.25, 0.3) is 0 Å². The molecule has 3 aromatic heterocycles. The maximum Gasteiger partial charge on any atom is 0.319 e. The van der Waals surface area contributed by atoms with Crippen LogP contribution in [0.1, 0.15) is 17.1 Å². The molecule has 3 aromatic rings. The first kappa shape index (κ1) is 15.7. The molecule has 122 valence electrons. The highest BCUT2D eigenvalue weighted by molar-refractivity contribution is 5.88. The van der Waals surface area contributed by atoms with Crippen molar-refractivity contribution in [2.75, 3.05) is 5.32 Å². The zero-order valence-corrected chi connectivity index (χ0v) is 13.5. The number of carbonyl (C=O) groups is 1. The number of hydrogen-bond donors (Lipinski definition) is 2. The zero-order chi connectivity index (χ0) is 16.9. The van der Waals surface area contributed by atoms with Crippen LogP contribution in [-0.2, 0) is 6.54 Å².